The van der Waals surface area contributed by atoms with Gasteiger partial charge in [-0.05, 0) is 12.1 Å². The summed E-state index contributed by atoms with van der Waals surface area (Å²) in [7, 11) is 0. The summed E-state index contributed by atoms with van der Waals surface area (Å²) >= 11 is 1.02. The first-order valence-corrected chi connectivity index (χ1v) is 6.71. The summed E-state index contributed by atoms with van der Waals surface area (Å²) in [5.74, 6) is -1.21. The molecule has 3 rings (SSSR count). The lowest BCUT2D eigenvalue weighted by Gasteiger charge is -2.01. The first-order valence-electron chi connectivity index (χ1n) is 5.89. The number of aromatic carboxylic acids is 1. The Morgan fingerprint density at radius 2 is 1.75 bits per heavy atom. The molecule has 98 valence electrons. The standard InChI is InChI=1S/C15H9NO3S/c17-12(9-5-2-1-3-6-9)10-7-4-8-11-13(10)20-14(16-11)15(18)19/h1-8H,(H,18,19). The third kappa shape index (κ3) is 2.08. The monoisotopic (exact) mass is 283 g/mol. The van der Waals surface area contributed by atoms with Gasteiger partial charge in [0.05, 0.1) is 10.2 Å². The minimum Gasteiger partial charge on any atom is -0.476 e. The number of hydrogen-bond donors (Lipinski definition) is 1. The van der Waals surface area contributed by atoms with Gasteiger partial charge in [-0.15, -0.1) is 11.3 Å². The Labute approximate surface area is 118 Å². The molecule has 4 nitrogen and oxygen atoms in total. The Hall–Kier alpha value is -2.53. The fourth-order valence-corrected chi connectivity index (χ4v) is 2.88. The number of aromatic nitrogens is 1. The number of carboxylic acids is 1. The highest BCUT2D eigenvalue weighted by molar-refractivity contribution is 7.20. The lowest BCUT2D eigenvalue weighted by molar-refractivity contribution is 0.0696. The average Bonchev–Trinajstić information content (AvgIpc) is 2.91. The van der Waals surface area contributed by atoms with Crippen LogP contribution in [0.15, 0.2) is 48.5 Å². The Kier molecular flexibility index (Phi) is 3.04. The average molecular weight is 283 g/mol. The Balaban J connectivity index is 2.16. The van der Waals surface area contributed by atoms with Crippen molar-refractivity contribution in [2.75, 3.05) is 0 Å². The van der Waals surface area contributed by atoms with Crippen molar-refractivity contribution in [3.63, 3.8) is 0 Å². The molecule has 1 N–H and O–H groups in total. The molecule has 0 fully saturated rings. The van der Waals surface area contributed by atoms with Crippen LogP contribution in [0, 0.1) is 0 Å². The Bertz CT molecular complexity index is 808. The summed E-state index contributed by atoms with van der Waals surface area (Å²) in [6.45, 7) is 0. The molecular formula is C15H9NO3S. The zero-order valence-corrected chi connectivity index (χ0v) is 11.1. The van der Waals surface area contributed by atoms with Gasteiger partial charge < -0.3 is 5.11 Å². The van der Waals surface area contributed by atoms with E-state index in [2.05, 4.69) is 4.98 Å². The van der Waals surface area contributed by atoms with Gasteiger partial charge in [0, 0.05) is 11.1 Å². The Morgan fingerprint density at radius 1 is 1.00 bits per heavy atom. The van der Waals surface area contributed by atoms with Crippen LogP contribution in [-0.4, -0.2) is 21.8 Å². The highest BCUT2D eigenvalue weighted by Crippen LogP contribution is 2.27. The molecule has 0 aliphatic rings. The molecule has 0 bridgehead atoms. The van der Waals surface area contributed by atoms with Crippen molar-refractivity contribution in [1.82, 2.24) is 4.98 Å². The highest BCUT2D eigenvalue weighted by Gasteiger charge is 2.17. The molecule has 0 amide bonds. The summed E-state index contributed by atoms with van der Waals surface area (Å²) in [6, 6.07) is 14.0. The van der Waals surface area contributed by atoms with Crippen molar-refractivity contribution < 1.29 is 14.7 Å². The van der Waals surface area contributed by atoms with E-state index in [1.165, 1.54) is 0 Å². The number of carbonyl (C=O) groups excluding carboxylic acids is 1. The van der Waals surface area contributed by atoms with Crippen LogP contribution in [0.2, 0.25) is 0 Å². The highest BCUT2D eigenvalue weighted by atomic mass is 32.1. The molecule has 0 saturated carbocycles. The van der Waals surface area contributed by atoms with Gasteiger partial charge in [0.25, 0.3) is 0 Å². The predicted molar refractivity (Wildman–Crippen MR) is 76.5 cm³/mol. The van der Waals surface area contributed by atoms with Gasteiger partial charge in [-0.2, -0.15) is 0 Å². The lowest BCUT2D eigenvalue weighted by Crippen LogP contribution is -2.00. The second-order valence-corrected chi connectivity index (χ2v) is 5.17. The number of rotatable bonds is 3. The number of hydrogen-bond acceptors (Lipinski definition) is 4. The number of benzene rings is 2. The van der Waals surface area contributed by atoms with Gasteiger partial charge in [0.1, 0.15) is 0 Å². The van der Waals surface area contributed by atoms with Gasteiger partial charge >= 0.3 is 5.97 Å². The maximum atomic E-state index is 12.5. The maximum absolute atomic E-state index is 12.5. The van der Waals surface area contributed by atoms with Crippen LogP contribution < -0.4 is 0 Å². The van der Waals surface area contributed by atoms with Gasteiger partial charge in [-0.25, -0.2) is 9.78 Å². The van der Waals surface area contributed by atoms with E-state index in [1.54, 1.807) is 42.5 Å². The largest absolute Gasteiger partial charge is 0.476 e. The van der Waals surface area contributed by atoms with Crippen LogP contribution in [-0.2, 0) is 0 Å². The zero-order chi connectivity index (χ0) is 14.1. The fourth-order valence-electron chi connectivity index (χ4n) is 1.96. The second kappa shape index (κ2) is 4.86. The molecule has 5 heteroatoms. The van der Waals surface area contributed by atoms with Crippen molar-refractivity contribution in [1.29, 1.82) is 0 Å². The number of thiazole rings is 1. The van der Waals surface area contributed by atoms with E-state index < -0.39 is 5.97 Å². The van der Waals surface area contributed by atoms with Crippen LogP contribution in [0.4, 0.5) is 0 Å². The SMILES string of the molecule is O=C(O)c1nc2cccc(C(=O)c3ccccc3)c2s1. The molecular weight excluding hydrogens is 274 g/mol. The molecule has 0 radical (unpaired) electrons. The van der Waals surface area contributed by atoms with Crippen molar-refractivity contribution in [3.05, 3.63) is 64.7 Å². The molecule has 0 atom stereocenters. The van der Waals surface area contributed by atoms with Crippen LogP contribution in [0.3, 0.4) is 0 Å². The number of nitrogens with zero attached hydrogens (tertiary/aromatic N) is 1. The number of fused-ring (bicyclic) bond motifs is 1. The predicted octanol–water partition coefficient (Wildman–Crippen LogP) is 3.23. The molecule has 20 heavy (non-hydrogen) atoms. The van der Waals surface area contributed by atoms with E-state index in [-0.39, 0.29) is 10.8 Å². The van der Waals surface area contributed by atoms with Gasteiger partial charge in [0.2, 0.25) is 5.01 Å². The fraction of sp³-hybridized carbons (Fsp3) is 0. The van der Waals surface area contributed by atoms with E-state index in [0.717, 1.165) is 11.3 Å². The summed E-state index contributed by atoms with van der Waals surface area (Å²) in [4.78, 5) is 27.5. The van der Waals surface area contributed by atoms with E-state index in [0.29, 0.717) is 21.3 Å². The molecule has 3 aromatic rings. The molecule has 1 heterocycles. The van der Waals surface area contributed by atoms with E-state index in [9.17, 15) is 9.59 Å². The lowest BCUT2D eigenvalue weighted by atomic mass is 10.0. The van der Waals surface area contributed by atoms with Crippen molar-refractivity contribution in [2.45, 2.75) is 0 Å². The smallest absolute Gasteiger partial charge is 0.365 e. The van der Waals surface area contributed by atoms with E-state index >= 15 is 0 Å². The first-order chi connectivity index (χ1) is 9.66. The topological polar surface area (TPSA) is 67.3 Å². The van der Waals surface area contributed by atoms with Gasteiger partial charge in [-0.1, -0.05) is 36.4 Å². The van der Waals surface area contributed by atoms with Crippen LogP contribution in [0.1, 0.15) is 25.7 Å². The molecule has 0 saturated heterocycles. The first kappa shape index (κ1) is 12.5. The normalized spacial score (nSPS) is 10.6. The van der Waals surface area contributed by atoms with Crippen molar-refractivity contribution in [3.8, 4) is 0 Å². The molecule has 0 unspecified atom stereocenters. The van der Waals surface area contributed by atoms with E-state index in [1.807, 2.05) is 6.07 Å². The minimum atomic E-state index is -1.08. The van der Waals surface area contributed by atoms with E-state index in [4.69, 9.17) is 5.11 Å². The van der Waals surface area contributed by atoms with Crippen LogP contribution >= 0.6 is 11.3 Å². The molecule has 1 aromatic heterocycles. The van der Waals surface area contributed by atoms with Crippen molar-refractivity contribution >= 4 is 33.3 Å². The number of carbonyl (C=O) groups is 2. The van der Waals surface area contributed by atoms with Crippen LogP contribution in [0.25, 0.3) is 10.2 Å². The summed E-state index contributed by atoms with van der Waals surface area (Å²) in [5, 5.41) is 8.99. The zero-order valence-electron chi connectivity index (χ0n) is 10.2. The minimum absolute atomic E-state index is 0.00619. The number of ketones is 1. The molecule has 0 aliphatic carbocycles. The summed E-state index contributed by atoms with van der Waals surface area (Å²) in [6.07, 6.45) is 0. The maximum Gasteiger partial charge on any atom is 0.365 e. The second-order valence-electron chi connectivity index (χ2n) is 4.17. The molecule has 2 aromatic carbocycles. The third-order valence-electron chi connectivity index (χ3n) is 2.88. The molecule has 0 spiro atoms. The molecule has 0 aliphatic heterocycles. The number of carboxylic acid groups (broad SMARTS) is 1. The van der Waals surface area contributed by atoms with Gasteiger partial charge in [-0.3, -0.25) is 4.79 Å². The summed E-state index contributed by atoms with van der Waals surface area (Å²) in [5.41, 5.74) is 1.60. The third-order valence-corrected chi connectivity index (χ3v) is 3.97. The Morgan fingerprint density at radius 3 is 2.45 bits per heavy atom. The summed E-state index contributed by atoms with van der Waals surface area (Å²) < 4.78 is 0.610. The quantitative estimate of drug-likeness (QED) is 0.749. The van der Waals surface area contributed by atoms with Gasteiger partial charge in [0.15, 0.2) is 5.78 Å². The van der Waals surface area contributed by atoms with Crippen molar-refractivity contribution in [2.24, 2.45) is 0 Å². The van der Waals surface area contributed by atoms with Crippen LogP contribution in [0.5, 0.6) is 0 Å².